The molecule has 1 N–H and O–H groups in total. The smallest absolute Gasteiger partial charge is 0.122 e. The van der Waals surface area contributed by atoms with Crippen LogP contribution in [0.15, 0.2) is 12.4 Å². The highest BCUT2D eigenvalue weighted by Gasteiger charge is 2.24. The van der Waals surface area contributed by atoms with Crippen molar-refractivity contribution < 1.29 is 0 Å². The van der Waals surface area contributed by atoms with Crippen LogP contribution in [-0.2, 0) is 13.1 Å². The lowest BCUT2D eigenvalue weighted by molar-refractivity contribution is 0.126. The first-order valence-electron chi connectivity index (χ1n) is 7.98. The van der Waals surface area contributed by atoms with E-state index in [1.54, 1.807) is 0 Å². The lowest BCUT2D eigenvalue weighted by atomic mass is 10.0. The van der Waals surface area contributed by atoms with E-state index in [4.69, 9.17) is 0 Å². The average Bonchev–Trinajstić information content (AvgIpc) is 2.84. The predicted octanol–water partition coefficient (Wildman–Crippen LogP) is 2.65. The average molecular weight is 278 g/mol. The van der Waals surface area contributed by atoms with Gasteiger partial charge in [-0.1, -0.05) is 6.42 Å². The van der Waals surface area contributed by atoms with Crippen molar-refractivity contribution in [3.63, 3.8) is 0 Å². The summed E-state index contributed by atoms with van der Waals surface area (Å²) in [4.78, 5) is 7.13. The molecule has 1 aromatic heterocycles. The molecule has 2 heterocycles. The second-order valence-corrected chi connectivity index (χ2v) is 6.88. The number of nitrogens with zero attached hydrogens (tertiary/aromatic N) is 3. The largest absolute Gasteiger partial charge is 0.334 e. The molecular weight excluding hydrogens is 248 g/mol. The van der Waals surface area contributed by atoms with Crippen LogP contribution in [0.25, 0.3) is 0 Å². The van der Waals surface area contributed by atoms with Gasteiger partial charge in [-0.3, -0.25) is 4.90 Å². The number of imidazole rings is 1. The third-order valence-electron chi connectivity index (χ3n) is 4.10. The van der Waals surface area contributed by atoms with Crippen molar-refractivity contribution in [1.29, 1.82) is 0 Å². The fraction of sp³-hybridized carbons (Fsp3) is 0.812. The maximum atomic E-state index is 4.53. The van der Waals surface area contributed by atoms with Gasteiger partial charge >= 0.3 is 0 Å². The summed E-state index contributed by atoms with van der Waals surface area (Å²) in [6.07, 6.45) is 7.98. The summed E-state index contributed by atoms with van der Waals surface area (Å²) in [6, 6.07) is 0.644. The van der Waals surface area contributed by atoms with Gasteiger partial charge in [0.05, 0.1) is 6.54 Å². The summed E-state index contributed by atoms with van der Waals surface area (Å²) in [5.74, 6) is 1.20. The van der Waals surface area contributed by atoms with E-state index >= 15 is 0 Å². The molecule has 2 rings (SSSR count). The molecule has 1 unspecified atom stereocenters. The Morgan fingerprint density at radius 3 is 2.85 bits per heavy atom. The molecule has 0 bridgehead atoms. The number of rotatable bonds is 5. The number of likely N-dealkylation sites (tertiary alicyclic amines) is 1. The fourth-order valence-electron chi connectivity index (χ4n) is 2.88. The molecule has 1 aliphatic rings. The Kier molecular flexibility index (Phi) is 5.22. The summed E-state index contributed by atoms with van der Waals surface area (Å²) in [5.41, 5.74) is 0.199. The summed E-state index contributed by atoms with van der Waals surface area (Å²) >= 11 is 0. The van der Waals surface area contributed by atoms with E-state index in [-0.39, 0.29) is 5.54 Å². The molecular formula is C16H30N4. The van der Waals surface area contributed by atoms with Gasteiger partial charge in [0.2, 0.25) is 0 Å². The molecule has 1 aliphatic heterocycles. The van der Waals surface area contributed by atoms with Gasteiger partial charge in [0.15, 0.2) is 0 Å². The lowest BCUT2D eigenvalue weighted by Gasteiger charge is -2.37. The molecule has 0 saturated carbocycles. The first kappa shape index (κ1) is 15.5. The predicted molar refractivity (Wildman–Crippen MR) is 83.7 cm³/mol. The molecule has 4 heteroatoms. The van der Waals surface area contributed by atoms with Crippen molar-refractivity contribution in [2.75, 3.05) is 13.1 Å². The summed E-state index contributed by atoms with van der Waals surface area (Å²) in [7, 11) is 0. The minimum Gasteiger partial charge on any atom is -0.334 e. The van der Waals surface area contributed by atoms with Crippen LogP contribution in [0.3, 0.4) is 0 Å². The number of aryl methyl sites for hydroxylation is 1. The van der Waals surface area contributed by atoms with Crippen molar-refractivity contribution in [2.24, 2.45) is 0 Å². The number of piperidine rings is 1. The highest BCUT2D eigenvalue weighted by molar-refractivity contribution is 4.94. The van der Waals surface area contributed by atoms with Crippen LogP contribution < -0.4 is 5.32 Å². The first-order valence-corrected chi connectivity index (χ1v) is 7.98. The summed E-state index contributed by atoms with van der Waals surface area (Å²) in [6.45, 7) is 13.2. The Labute approximate surface area is 123 Å². The van der Waals surface area contributed by atoms with Gasteiger partial charge < -0.3 is 9.88 Å². The molecule has 0 aromatic carbocycles. The highest BCUT2D eigenvalue weighted by Crippen LogP contribution is 2.19. The van der Waals surface area contributed by atoms with Gasteiger partial charge in [0.1, 0.15) is 5.82 Å². The van der Waals surface area contributed by atoms with Gasteiger partial charge in [-0.05, 0) is 47.1 Å². The molecule has 1 atom stereocenters. The van der Waals surface area contributed by atoms with E-state index < -0.39 is 0 Å². The molecule has 0 aliphatic carbocycles. The van der Waals surface area contributed by atoms with E-state index in [0.717, 1.165) is 19.6 Å². The van der Waals surface area contributed by atoms with Crippen LogP contribution in [0.4, 0.5) is 0 Å². The van der Waals surface area contributed by atoms with Crippen molar-refractivity contribution in [3.05, 3.63) is 18.2 Å². The Hall–Kier alpha value is -0.870. The molecule has 0 radical (unpaired) electrons. The van der Waals surface area contributed by atoms with Crippen LogP contribution in [-0.4, -0.2) is 39.1 Å². The quantitative estimate of drug-likeness (QED) is 0.899. The zero-order valence-electron chi connectivity index (χ0n) is 13.5. The molecule has 114 valence electrons. The van der Waals surface area contributed by atoms with Crippen molar-refractivity contribution in [3.8, 4) is 0 Å². The molecule has 4 nitrogen and oxygen atoms in total. The van der Waals surface area contributed by atoms with Gasteiger partial charge in [-0.2, -0.15) is 0 Å². The van der Waals surface area contributed by atoms with Crippen LogP contribution in [0.2, 0.25) is 0 Å². The maximum Gasteiger partial charge on any atom is 0.122 e. The van der Waals surface area contributed by atoms with E-state index in [0.29, 0.717) is 6.04 Å². The van der Waals surface area contributed by atoms with Crippen molar-refractivity contribution >= 4 is 0 Å². The Morgan fingerprint density at radius 2 is 2.15 bits per heavy atom. The number of nitrogens with one attached hydrogen (secondary N) is 1. The zero-order valence-corrected chi connectivity index (χ0v) is 13.5. The SMILES string of the molecule is CCn1ccnc1CN1CCCCC1CNC(C)(C)C. The van der Waals surface area contributed by atoms with E-state index in [1.165, 1.54) is 31.6 Å². The number of hydrogen-bond acceptors (Lipinski definition) is 3. The Bertz CT molecular complexity index is 405. The van der Waals surface area contributed by atoms with Gasteiger partial charge in [-0.25, -0.2) is 4.98 Å². The molecule has 20 heavy (non-hydrogen) atoms. The van der Waals surface area contributed by atoms with E-state index in [2.05, 4.69) is 53.7 Å². The number of aromatic nitrogens is 2. The van der Waals surface area contributed by atoms with Crippen LogP contribution in [0, 0.1) is 0 Å². The first-order chi connectivity index (χ1) is 9.49. The minimum atomic E-state index is 0.199. The summed E-state index contributed by atoms with van der Waals surface area (Å²) < 4.78 is 2.25. The summed E-state index contributed by atoms with van der Waals surface area (Å²) in [5, 5.41) is 3.66. The van der Waals surface area contributed by atoms with Gasteiger partial charge in [0, 0.05) is 37.1 Å². The topological polar surface area (TPSA) is 33.1 Å². The number of hydrogen-bond donors (Lipinski definition) is 1. The van der Waals surface area contributed by atoms with E-state index in [9.17, 15) is 0 Å². The third-order valence-corrected chi connectivity index (χ3v) is 4.10. The molecule has 0 spiro atoms. The Balaban J connectivity index is 1.96. The van der Waals surface area contributed by atoms with Crippen LogP contribution >= 0.6 is 0 Å². The van der Waals surface area contributed by atoms with E-state index in [1.807, 2.05) is 6.20 Å². The van der Waals surface area contributed by atoms with Crippen molar-refractivity contribution in [2.45, 2.75) is 71.6 Å². The second kappa shape index (κ2) is 6.72. The maximum absolute atomic E-state index is 4.53. The second-order valence-electron chi connectivity index (χ2n) is 6.88. The zero-order chi connectivity index (χ0) is 14.6. The Morgan fingerprint density at radius 1 is 1.35 bits per heavy atom. The molecule has 1 aromatic rings. The monoisotopic (exact) mass is 278 g/mol. The van der Waals surface area contributed by atoms with Crippen LogP contribution in [0.5, 0.6) is 0 Å². The van der Waals surface area contributed by atoms with Crippen LogP contribution in [0.1, 0.15) is 52.8 Å². The highest BCUT2D eigenvalue weighted by atomic mass is 15.2. The standard InChI is InChI=1S/C16H30N4/c1-5-19-11-9-17-15(19)13-20-10-7-6-8-14(20)12-18-16(2,3)4/h9,11,14,18H,5-8,10,12-13H2,1-4H3. The van der Waals surface area contributed by atoms with Gasteiger partial charge in [-0.15, -0.1) is 0 Å². The molecule has 1 fully saturated rings. The minimum absolute atomic E-state index is 0.199. The molecule has 0 amide bonds. The van der Waals surface area contributed by atoms with Crippen molar-refractivity contribution in [1.82, 2.24) is 19.8 Å². The normalized spacial score (nSPS) is 21.3. The van der Waals surface area contributed by atoms with Gasteiger partial charge in [0.25, 0.3) is 0 Å². The third kappa shape index (κ3) is 4.32. The molecule has 1 saturated heterocycles. The lowest BCUT2D eigenvalue weighted by Crippen LogP contribution is -2.49. The fourth-order valence-corrected chi connectivity index (χ4v) is 2.88.